The van der Waals surface area contributed by atoms with Gasteiger partial charge in [0.2, 0.25) is 0 Å². The van der Waals surface area contributed by atoms with E-state index >= 15 is 0 Å². The molecule has 4 amide bonds. The highest BCUT2D eigenvalue weighted by Crippen LogP contribution is 2.35. The number of aliphatic hydroxyl groups is 4. The number of rotatable bonds is 15. The monoisotopic (exact) mass is 1490 g/mol. The van der Waals surface area contributed by atoms with E-state index in [4.69, 9.17) is 46.3 Å². The smallest absolute Gasteiger partial charge is 0.407 e. The highest BCUT2D eigenvalue weighted by Gasteiger charge is 2.36. The minimum atomic E-state index is -1.00. The summed E-state index contributed by atoms with van der Waals surface area (Å²) in [5.74, 6) is 1.09. The van der Waals surface area contributed by atoms with Crippen molar-refractivity contribution in [2.45, 2.75) is 224 Å². The lowest BCUT2D eigenvalue weighted by molar-refractivity contribution is 0.0440. The third kappa shape index (κ3) is 31.9. The second-order valence-corrected chi connectivity index (χ2v) is 27.9. The fourth-order valence-corrected chi connectivity index (χ4v) is 10.3. The number of aldehydes is 2. The Bertz CT molecular complexity index is 3570. The van der Waals surface area contributed by atoms with Gasteiger partial charge in [0.1, 0.15) is 16.8 Å². The molecule has 103 heavy (non-hydrogen) atoms. The summed E-state index contributed by atoms with van der Waals surface area (Å²) in [7, 11) is 0. The molecule has 5 aliphatic rings. The molecule has 6 heterocycles. The van der Waals surface area contributed by atoms with Crippen molar-refractivity contribution >= 4 is 61.3 Å². The van der Waals surface area contributed by atoms with E-state index in [9.17, 15) is 37.0 Å². The van der Waals surface area contributed by atoms with Crippen LogP contribution in [0.1, 0.15) is 207 Å². The largest absolute Gasteiger partial charge is 0.444 e. The molecular weight excluding hydrogens is 1380 g/mol. The lowest BCUT2D eigenvalue weighted by Gasteiger charge is -2.36. The number of alkyl carbamates (subject to hydrolysis) is 3. The van der Waals surface area contributed by atoms with Crippen LogP contribution in [0.25, 0.3) is 11.3 Å². The van der Waals surface area contributed by atoms with Gasteiger partial charge in [-0.25, -0.2) is 14.4 Å². The Kier molecular flexibility index (Phi) is 37.2. The van der Waals surface area contributed by atoms with Crippen LogP contribution in [-0.4, -0.2) is 179 Å². The number of amides is 4. The van der Waals surface area contributed by atoms with Crippen LogP contribution >= 0.6 is 24.6 Å². The van der Waals surface area contributed by atoms with Crippen molar-refractivity contribution in [1.29, 1.82) is 0 Å². The maximum atomic E-state index is 12.3. The zero-order valence-corrected chi connectivity index (χ0v) is 62.2. The normalized spacial score (nSPS) is 20.9. The van der Waals surface area contributed by atoms with Crippen molar-refractivity contribution in [2.75, 3.05) is 20.5 Å². The second kappa shape index (κ2) is 44.1. The van der Waals surface area contributed by atoms with Crippen molar-refractivity contribution in [2.24, 2.45) is 11.7 Å². The molecule has 5 saturated carbocycles. The van der Waals surface area contributed by atoms with Gasteiger partial charge >= 0.3 is 18.3 Å². The molecule has 572 valence electrons. The number of benzene rings is 1. The Morgan fingerprint density at radius 2 is 0.981 bits per heavy atom. The molecule has 11 N–H and O–H groups in total. The number of halogens is 3. The summed E-state index contributed by atoms with van der Waals surface area (Å²) in [6, 6.07) is 13.5. The van der Waals surface area contributed by atoms with Gasteiger partial charge in [-0.3, -0.25) is 42.6 Å². The van der Waals surface area contributed by atoms with E-state index in [-0.39, 0.29) is 110 Å². The fraction of sp³-hybridized carbons (Fsp3) is 0.565. The van der Waals surface area contributed by atoms with Crippen molar-refractivity contribution < 1.29 is 77.6 Å². The molecule has 7 aromatic rings. The molecule has 0 bridgehead atoms. The van der Waals surface area contributed by atoms with E-state index < -0.39 is 18.4 Å². The molecule has 0 unspecified atom stereocenters. The van der Waals surface area contributed by atoms with Crippen molar-refractivity contribution in [3.05, 3.63) is 132 Å². The summed E-state index contributed by atoms with van der Waals surface area (Å²) in [5.41, 5.74) is 9.12. The Hall–Kier alpha value is -8.60. The van der Waals surface area contributed by atoms with E-state index in [1.54, 1.807) is 41.7 Å². The van der Waals surface area contributed by atoms with E-state index in [0.717, 1.165) is 112 Å². The summed E-state index contributed by atoms with van der Waals surface area (Å²) < 4.78 is 53.9. The first-order valence-electron chi connectivity index (χ1n) is 34.0. The average Bonchev–Trinajstić information content (AvgIpc) is 1.57. The number of nitrogens with zero attached hydrogens (tertiary/aromatic N) is 10. The highest BCUT2D eigenvalue weighted by molar-refractivity contribution is 7.93. The van der Waals surface area contributed by atoms with E-state index in [2.05, 4.69) is 63.9 Å². The van der Waals surface area contributed by atoms with E-state index in [0.29, 0.717) is 41.1 Å². The molecule has 5 aliphatic carbocycles. The predicted octanol–water partition coefficient (Wildman–Crippen LogP) is 10.1. The number of nitrogens with two attached hydrogens (primary N) is 1. The molecule has 1 aromatic carbocycles. The Morgan fingerprint density at radius 1 is 0.621 bits per heavy atom. The van der Waals surface area contributed by atoms with Crippen LogP contribution in [-0.2, 0) is 34.0 Å². The standard InChI is InChI=1S/C18H18N4O3.C13H21N3O3.C13H19N3O3.C10H19NO2.C8H13N3O.C4H4N2O.CH3FS.CH3F.CH4O.ClH/c23-11-12-9-19-22(10-12)15-6-14(7-15)20-18(24)16-8-17(25-21-16)13-4-2-1-3-5-13;2*1-13(2,3)19-12(18)15-10-4-11(5-10)16-7-9(8-17)6-14-16;1-7-5-8(6-7)11-9(12)13-10(2,3)4;9-7-1-8(2-7)11-4-6(5-12)3-10-11;7-3-4-1-5-6-2-4;1-3-2;2*1-2;/h1-5,8-10,14-15,23H,6-7,11H2,(H,20,24);6-7,10-11,17H,4-5,8H2,1-3H3,(H,15,18);6-8,10-11H,4-5H2,1-3H3,(H,15,18);7-8H,5-6H2,1-4H3,(H,11,12);3-4,7-8,12H,1-2,5,9H2;1-3H,(H,5,6);1H3;1H3;2H,1H3;1H/i;;;;;;;1D;;. The van der Waals surface area contributed by atoms with Gasteiger partial charge in [-0.2, -0.15) is 29.4 Å². The third-order valence-electron chi connectivity index (χ3n) is 15.6. The van der Waals surface area contributed by atoms with Crippen molar-refractivity contribution in [1.82, 2.24) is 75.7 Å². The molecular formula is C69H105ClF2N16O14S. The van der Waals surface area contributed by atoms with Crippen LogP contribution in [0, 0.1) is 5.92 Å². The number of carbonyl (C=O) groups is 6. The zero-order chi connectivity index (χ0) is 76.5. The zero-order valence-electron chi connectivity index (χ0n) is 61.6. The van der Waals surface area contributed by atoms with Crippen LogP contribution in [0.15, 0.2) is 103 Å². The topological polar surface area (TPSA) is 411 Å². The summed E-state index contributed by atoms with van der Waals surface area (Å²) >= 11 is 0.250. The Labute approximate surface area is 611 Å². The fourth-order valence-electron chi connectivity index (χ4n) is 10.3. The molecule has 0 spiro atoms. The number of H-pyrrole nitrogens is 1. The van der Waals surface area contributed by atoms with Crippen LogP contribution < -0.4 is 27.0 Å². The quantitative estimate of drug-likeness (QED) is 0.0337. The van der Waals surface area contributed by atoms with Gasteiger partial charge in [0, 0.05) is 115 Å². The number of alkyl halides is 1. The molecule has 30 nitrogen and oxygen atoms in total. The second-order valence-electron chi connectivity index (χ2n) is 27.6. The predicted molar refractivity (Wildman–Crippen MR) is 385 cm³/mol. The minimum absolute atomic E-state index is 0. The number of hydrogen-bond acceptors (Lipinski definition) is 22. The minimum Gasteiger partial charge on any atom is -0.444 e. The molecule has 34 heteroatoms. The lowest BCUT2D eigenvalue weighted by Crippen LogP contribution is -2.46. The maximum Gasteiger partial charge on any atom is 0.407 e. The van der Waals surface area contributed by atoms with Crippen molar-refractivity contribution in [3.8, 4) is 11.3 Å². The molecule has 0 atom stereocenters. The number of aromatic nitrogens is 11. The van der Waals surface area contributed by atoms with Gasteiger partial charge in [-0.05, 0) is 132 Å². The number of aromatic amines is 1. The number of nitrogens with one attached hydrogen (secondary N) is 5. The van der Waals surface area contributed by atoms with E-state index in [1.165, 1.54) is 18.6 Å². The van der Waals surface area contributed by atoms with Gasteiger partial charge in [-0.15, -0.1) is 12.4 Å². The average molecular weight is 1490 g/mol. The van der Waals surface area contributed by atoms with Gasteiger partial charge in [0.15, 0.2) is 24.0 Å². The first-order valence-corrected chi connectivity index (χ1v) is 34.4. The first-order chi connectivity index (χ1) is 48.9. The van der Waals surface area contributed by atoms with Gasteiger partial charge in [-0.1, -0.05) is 42.4 Å². The molecule has 0 radical (unpaired) electrons. The molecule has 0 aliphatic heterocycles. The Morgan fingerprint density at radius 3 is 1.29 bits per heavy atom. The maximum absolute atomic E-state index is 12.3. The van der Waals surface area contributed by atoms with E-state index in [1.807, 2.05) is 125 Å². The number of aliphatic hydroxyl groups excluding tert-OH is 4. The molecule has 6 aromatic heterocycles. The summed E-state index contributed by atoms with van der Waals surface area (Å²) in [4.78, 5) is 67.0. The van der Waals surface area contributed by atoms with Crippen LogP contribution in [0.3, 0.4) is 0 Å². The van der Waals surface area contributed by atoms with Gasteiger partial charge in [0.05, 0.1) is 94.6 Å². The number of hydrogen-bond donors (Lipinski definition) is 10. The van der Waals surface area contributed by atoms with Crippen LogP contribution in [0.2, 0.25) is 0 Å². The molecule has 5 fully saturated rings. The highest BCUT2D eigenvalue weighted by atomic mass is 35.5. The summed E-state index contributed by atoms with van der Waals surface area (Å²) in [6.07, 6.45) is 27.8. The van der Waals surface area contributed by atoms with Gasteiger partial charge < -0.3 is 66.2 Å². The molecule has 12 rings (SSSR count). The summed E-state index contributed by atoms with van der Waals surface area (Å²) in [6.45, 7) is 18.9. The van der Waals surface area contributed by atoms with Crippen LogP contribution in [0.5, 0.6) is 0 Å². The number of ether oxygens (including phenoxy) is 3. The number of carbonyl (C=O) groups excluding carboxylic acids is 6. The first kappa shape index (κ1) is 86.8. The third-order valence-corrected chi connectivity index (χ3v) is 15.6. The SMILES string of the molecule is CC(C)(C)OC(=O)NC1CC(n2cc(C=O)cn2)C1.CC(C)(C)OC(=O)NC1CC(n2cc(CO)cn2)C1.CC1CC(NC(=O)OC(C)(C)C)C1.CO.CSF.Cl.NC1CC(n2cc(CO)cn2)C1.O=C(NC1CC(n2cc(CO)cn2)C1)c1cc(-c2ccccc2)on1.O=Cc1cn[nH]c1.[2H]CF. The lowest BCUT2D eigenvalue weighted by atomic mass is 9.82. The summed E-state index contributed by atoms with van der Waals surface area (Å²) in [5, 5.41) is 71.9. The van der Waals surface area contributed by atoms with Crippen LogP contribution in [0.4, 0.5) is 22.7 Å². The van der Waals surface area contributed by atoms with Gasteiger partial charge in [0.25, 0.3) is 5.91 Å². The Balaban J connectivity index is 0.000000326. The molecule has 0 saturated heterocycles. The van der Waals surface area contributed by atoms with Crippen molar-refractivity contribution in [3.63, 3.8) is 0 Å².